The van der Waals surface area contributed by atoms with Gasteiger partial charge in [0.05, 0.1) is 0 Å². The third-order valence-electron chi connectivity index (χ3n) is 3.18. The molecule has 0 saturated carbocycles. The van der Waals surface area contributed by atoms with Crippen LogP contribution in [0.5, 0.6) is 0 Å². The molecule has 0 atom stereocenters. The van der Waals surface area contributed by atoms with Crippen LogP contribution in [0.25, 0.3) is 10.1 Å². The molecule has 2 aromatic rings. The van der Waals surface area contributed by atoms with E-state index in [0.717, 1.165) is 19.6 Å². The normalized spacial score (nSPS) is 11.5. The minimum absolute atomic E-state index is 0.714. The largest absolute Gasteiger partial charge is 0.298 e. The van der Waals surface area contributed by atoms with Gasteiger partial charge in [-0.2, -0.15) is 0 Å². The van der Waals surface area contributed by atoms with Gasteiger partial charge in [-0.1, -0.05) is 31.5 Å². The second-order valence-electron chi connectivity index (χ2n) is 4.58. The fourth-order valence-corrected chi connectivity index (χ4v) is 3.36. The third-order valence-corrected chi connectivity index (χ3v) is 4.37. The van der Waals surface area contributed by atoms with E-state index in [1.807, 2.05) is 11.3 Å². The van der Waals surface area contributed by atoms with Crippen LogP contribution in [0.1, 0.15) is 25.3 Å². The molecule has 0 amide bonds. The summed E-state index contributed by atoms with van der Waals surface area (Å²) >= 11 is 7.73. The van der Waals surface area contributed by atoms with E-state index in [4.69, 9.17) is 11.6 Å². The van der Waals surface area contributed by atoms with E-state index in [1.54, 1.807) is 0 Å². The minimum atomic E-state index is 0.714. The van der Waals surface area contributed by atoms with E-state index in [1.165, 1.54) is 28.5 Å². The van der Waals surface area contributed by atoms with Crippen molar-refractivity contribution < 1.29 is 0 Å². The first-order valence-corrected chi connectivity index (χ1v) is 8.00. The van der Waals surface area contributed by atoms with Gasteiger partial charge in [-0.3, -0.25) is 4.90 Å². The Kier molecular flexibility index (Phi) is 5.48. The number of halogens is 1. The van der Waals surface area contributed by atoms with Crippen LogP contribution in [-0.4, -0.2) is 23.9 Å². The zero-order valence-corrected chi connectivity index (χ0v) is 12.4. The van der Waals surface area contributed by atoms with E-state index in [9.17, 15) is 0 Å². The van der Waals surface area contributed by atoms with Crippen LogP contribution in [0.15, 0.2) is 29.6 Å². The number of alkyl halides is 1. The SMILES string of the molecule is CCCCN(CCCl)Cc1csc2ccccc12. The maximum Gasteiger partial charge on any atom is 0.0351 e. The Morgan fingerprint density at radius 1 is 1.22 bits per heavy atom. The van der Waals surface area contributed by atoms with Crippen LogP contribution in [0.3, 0.4) is 0 Å². The highest BCUT2D eigenvalue weighted by atomic mass is 35.5. The van der Waals surface area contributed by atoms with E-state index in [2.05, 4.69) is 41.5 Å². The maximum atomic E-state index is 5.89. The van der Waals surface area contributed by atoms with Crippen molar-refractivity contribution in [2.24, 2.45) is 0 Å². The lowest BCUT2D eigenvalue weighted by Crippen LogP contribution is -2.26. The molecule has 0 aliphatic rings. The standard InChI is InChI=1S/C15H20ClNS/c1-2-3-9-17(10-8-16)11-13-12-18-15-7-5-4-6-14(13)15/h4-7,12H,2-3,8-11H2,1H3. The molecule has 0 fully saturated rings. The highest BCUT2D eigenvalue weighted by Crippen LogP contribution is 2.26. The molecule has 18 heavy (non-hydrogen) atoms. The summed E-state index contributed by atoms with van der Waals surface area (Å²) < 4.78 is 1.38. The second-order valence-corrected chi connectivity index (χ2v) is 5.86. The molecule has 1 aromatic carbocycles. The molecular formula is C15H20ClNS. The van der Waals surface area contributed by atoms with Gasteiger partial charge in [-0.15, -0.1) is 22.9 Å². The van der Waals surface area contributed by atoms with Crippen LogP contribution >= 0.6 is 22.9 Å². The van der Waals surface area contributed by atoms with Crippen molar-refractivity contribution in [2.75, 3.05) is 19.0 Å². The van der Waals surface area contributed by atoms with Crippen molar-refractivity contribution in [3.63, 3.8) is 0 Å². The predicted octanol–water partition coefficient (Wildman–Crippen LogP) is 4.74. The number of rotatable bonds is 7. The first kappa shape index (κ1) is 13.9. The Hall–Kier alpha value is -0.570. The number of unbranched alkanes of at least 4 members (excludes halogenated alkanes) is 1. The number of fused-ring (bicyclic) bond motifs is 1. The van der Waals surface area contributed by atoms with Crippen molar-refractivity contribution in [1.82, 2.24) is 4.90 Å². The Balaban J connectivity index is 2.10. The van der Waals surface area contributed by atoms with E-state index in [-0.39, 0.29) is 0 Å². The number of benzene rings is 1. The lowest BCUT2D eigenvalue weighted by atomic mass is 10.1. The van der Waals surface area contributed by atoms with Gasteiger partial charge < -0.3 is 0 Å². The molecule has 0 spiro atoms. The molecule has 0 saturated heterocycles. The van der Waals surface area contributed by atoms with Crippen LogP contribution in [0.4, 0.5) is 0 Å². The average molecular weight is 282 g/mol. The molecule has 1 heterocycles. The summed E-state index contributed by atoms with van der Waals surface area (Å²) in [6, 6.07) is 8.65. The van der Waals surface area contributed by atoms with Gasteiger partial charge in [0.15, 0.2) is 0 Å². The average Bonchev–Trinajstić information content (AvgIpc) is 2.80. The topological polar surface area (TPSA) is 3.24 Å². The fraction of sp³-hybridized carbons (Fsp3) is 0.467. The quantitative estimate of drug-likeness (QED) is 0.663. The summed E-state index contributed by atoms with van der Waals surface area (Å²) in [5.41, 5.74) is 1.44. The summed E-state index contributed by atoms with van der Waals surface area (Å²) in [6.45, 7) is 5.38. The highest BCUT2D eigenvalue weighted by molar-refractivity contribution is 7.17. The summed E-state index contributed by atoms with van der Waals surface area (Å²) in [4.78, 5) is 2.46. The van der Waals surface area contributed by atoms with Crippen molar-refractivity contribution in [3.05, 3.63) is 35.2 Å². The summed E-state index contributed by atoms with van der Waals surface area (Å²) in [6.07, 6.45) is 2.49. The number of hydrogen-bond acceptors (Lipinski definition) is 2. The molecule has 1 nitrogen and oxygen atoms in total. The van der Waals surface area contributed by atoms with E-state index >= 15 is 0 Å². The van der Waals surface area contributed by atoms with Crippen LogP contribution in [0, 0.1) is 0 Å². The first-order valence-electron chi connectivity index (χ1n) is 6.58. The van der Waals surface area contributed by atoms with E-state index < -0.39 is 0 Å². The third kappa shape index (κ3) is 3.47. The van der Waals surface area contributed by atoms with Gasteiger partial charge in [0.1, 0.15) is 0 Å². The molecule has 0 radical (unpaired) electrons. The van der Waals surface area contributed by atoms with Crippen LogP contribution in [0.2, 0.25) is 0 Å². The maximum absolute atomic E-state index is 5.89. The van der Waals surface area contributed by atoms with E-state index in [0.29, 0.717) is 5.88 Å². The molecular weight excluding hydrogens is 262 g/mol. The number of nitrogens with zero attached hydrogens (tertiary/aromatic N) is 1. The predicted molar refractivity (Wildman–Crippen MR) is 82.7 cm³/mol. The molecule has 3 heteroatoms. The summed E-state index contributed by atoms with van der Waals surface area (Å²) in [7, 11) is 0. The Morgan fingerprint density at radius 2 is 2.06 bits per heavy atom. The van der Waals surface area contributed by atoms with Gasteiger partial charge in [-0.05, 0) is 35.4 Å². The number of thiophene rings is 1. The molecule has 2 rings (SSSR count). The molecule has 1 aromatic heterocycles. The Labute approximate surface area is 118 Å². The Bertz CT molecular complexity index is 480. The van der Waals surface area contributed by atoms with Crippen molar-refractivity contribution in [2.45, 2.75) is 26.3 Å². The van der Waals surface area contributed by atoms with Gasteiger partial charge in [-0.25, -0.2) is 0 Å². The molecule has 0 N–H and O–H groups in total. The lowest BCUT2D eigenvalue weighted by molar-refractivity contribution is 0.278. The molecule has 0 aliphatic carbocycles. The smallest absolute Gasteiger partial charge is 0.0351 e. The van der Waals surface area contributed by atoms with Crippen LogP contribution in [-0.2, 0) is 6.54 Å². The van der Waals surface area contributed by atoms with Crippen molar-refractivity contribution in [1.29, 1.82) is 0 Å². The fourth-order valence-electron chi connectivity index (χ4n) is 2.17. The van der Waals surface area contributed by atoms with Crippen molar-refractivity contribution >= 4 is 33.0 Å². The van der Waals surface area contributed by atoms with Gasteiger partial charge in [0.25, 0.3) is 0 Å². The lowest BCUT2D eigenvalue weighted by Gasteiger charge is -2.20. The summed E-state index contributed by atoms with van der Waals surface area (Å²) in [5, 5.41) is 3.69. The van der Waals surface area contributed by atoms with Gasteiger partial charge in [0, 0.05) is 23.7 Å². The second kappa shape index (κ2) is 7.13. The first-order chi connectivity index (χ1) is 8.85. The van der Waals surface area contributed by atoms with Crippen LogP contribution < -0.4 is 0 Å². The molecule has 0 aliphatic heterocycles. The van der Waals surface area contributed by atoms with Gasteiger partial charge >= 0.3 is 0 Å². The molecule has 98 valence electrons. The molecule has 0 bridgehead atoms. The molecule has 0 unspecified atom stereocenters. The van der Waals surface area contributed by atoms with Crippen molar-refractivity contribution in [3.8, 4) is 0 Å². The minimum Gasteiger partial charge on any atom is -0.298 e. The highest BCUT2D eigenvalue weighted by Gasteiger charge is 2.09. The number of hydrogen-bond donors (Lipinski definition) is 0. The zero-order valence-electron chi connectivity index (χ0n) is 10.9. The zero-order chi connectivity index (χ0) is 12.8. The monoisotopic (exact) mass is 281 g/mol. The summed E-state index contributed by atoms with van der Waals surface area (Å²) in [5.74, 6) is 0.714. The van der Waals surface area contributed by atoms with Gasteiger partial charge in [0.2, 0.25) is 0 Å². The Morgan fingerprint density at radius 3 is 2.83 bits per heavy atom.